The van der Waals surface area contributed by atoms with Crippen LogP contribution in [0, 0.1) is 12.7 Å². The maximum absolute atomic E-state index is 13.0. The van der Waals surface area contributed by atoms with Gasteiger partial charge in [-0.2, -0.15) is 5.10 Å². The van der Waals surface area contributed by atoms with Gasteiger partial charge in [0.25, 0.3) is 0 Å². The first-order valence-corrected chi connectivity index (χ1v) is 9.86. The molecule has 5 aromatic rings. The van der Waals surface area contributed by atoms with Gasteiger partial charge in [0.05, 0.1) is 23.9 Å². The molecular weight excluding hydrogens is 413 g/mol. The third-order valence-corrected chi connectivity index (χ3v) is 4.93. The standard InChI is InChI=1S/C22H18FN7O2/c1-14-20-17(18-3-2-10-32-18)8-9-24-21(20)30(27-14)12-19(31)26-22-25-13-29(28-22)11-15-4-6-16(23)7-5-15/h2-10,13H,11-12H2,1H3,(H,26,28,31). The van der Waals surface area contributed by atoms with Crippen LogP contribution in [0.3, 0.4) is 0 Å². The summed E-state index contributed by atoms with van der Waals surface area (Å²) in [6.45, 7) is 2.22. The lowest BCUT2D eigenvalue weighted by atomic mass is 10.1. The number of benzene rings is 1. The first kappa shape index (κ1) is 19.6. The molecule has 0 atom stereocenters. The second kappa shape index (κ2) is 8.06. The van der Waals surface area contributed by atoms with Gasteiger partial charge >= 0.3 is 0 Å². The van der Waals surface area contributed by atoms with Crippen molar-refractivity contribution in [1.29, 1.82) is 0 Å². The van der Waals surface area contributed by atoms with E-state index in [1.54, 1.807) is 34.0 Å². The third kappa shape index (κ3) is 3.85. The van der Waals surface area contributed by atoms with E-state index in [0.29, 0.717) is 18.0 Å². The number of nitrogens with zero attached hydrogens (tertiary/aromatic N) is 6. The van der Waals surface area contributed by atoms with E-state index in [9.17, 15) is 9.18 Å². The Kier molecular flexibility index (Phi) is 4.94. The first-order chi connectivity index (χ1) is 15.6. The average Bonchev–Trinajstić information content (AvgIpc) is 3.52. The smallest absolute Gasteiger partial charge is 0.248 e. The van der Waals surface area contributed by atoms with Crippen molar-refractivity contribution >= 4 is 22.9 Å². The summed E-state index contributed by atoms with van der Waals surface area (Å²) in [6, 6.07) is 11.7. The first-order valence-electron chi connectivity index (χ1n) is 9.86. The Balaban J connectivity index is 1.31. The molecule has 0 aliphatic heterocycles. The third-order valence-electron chi connectivity index (χ3n) is 4.93. The maximum atomic E-state index is 13.0. The van der Waals surface area contributed by atoms with Crippen molar-refractivity contribution in [2.75, 3.05) is 5.32 Å². The number of carbonyl (C=O) groups is 1. The van der Waals surface area contributed by atoms with E-state index >= 15 is 0 Å². The van der Waals surface area contributed by atoms with Crippen LogP contribution in [0.15, 0.2) is 65.7 Å². The van der Waals surface area contributed by atoms with E-state index in [-0.39, 0.29) is 24.2 Å². The molecule has 0 aliphatic carbocycles. The lowest BCUT2D eigenvalue weighted by molar-refractivity contribution is -0.116. The van der Waals surface area contributed by atoms with Gasteiger partial charge in [-0.15, -0.1) is 5.10 Å². The highest BCUT2D eigenvalue weighted by molar-refractivity contribution is 5.95. The summed E-state index contributed by atoms with van der Waals surface area (Å²) in [4.78, 5) is 21.1. The van der Waals surface area contributed by atoms with Crippen LogP contribution in [-0.4, -0.2) is 35.4 Å². The predicted molar refractivity (Wildman–Crippen MR) is 114 cm³/mol. The van der Waals surface area contributed by atoms with Crippen LogP contribution >= 0.6 is 0 Å². The van der Waals surface area contributed by atoms with Crippen LogP contribution in [0.1, 0.15) is 11.3 Å². The summed E-state index contributed by atoms with van der Waals surface area (Å²) in [5.74, 6) is 0.251. The average molecular weight is 431 g/mol. The summed E-state index contributed by atoms with van der Waals surface area (Å²) in [5, 5.41) is 12.2. The van der Waals surface area contributed by atoms with E-state index in [1.165, 1.54) is 18.5 Å². The van der Waals surface area contributed by atoms with Crippen LogP contribution in [0.2, 0.25) is 0 Å². The molecule has 0 spiro atoms. The lowest BCUT2D eigenvalue weighted by Gasteiger charge is -2.04. The lowest BCUT2D eigenvalue weighted by Crippen LogP contribution is -2.20. The minimum absolute atomic E-state index is 0.0501. The van der Waals surface area contributed by atoms with Crippen LogP contribution in [0.4, 0.5) is 10.3 Å². The summed E-state index contributed by atoms with van der Waals surface area (Å²) < 4.78 is 21.7. The number of fused-ring (bicyclic) bond motifs is 1. The number of aryl methyl sites for hydroxylation is 1. The van der Waals surface area contributed by atoms with Gasteiger partial charge in [0.15, 0.2) is 5.65 Å². The number of nitrogens with one attached hydrogen (secondary N) is 1. The second-order valence-electron chi connectivity index (χ2n) is 7.22. The molecular formula is C22H18FN7O2. The van der Waals surface area contributed by atoms with Crippen LogP contribution in [0.25, 0.3) is 22.4 Å². The number of rotatable bonds is 6. The Morgan fingerprint density at radius 2 is 1.97 bits per heavy atom. The minimum atomic E-state index is -0.334. The number of carbonyl (C=O) groups excluding carboxylic acids is 1. The number of amides is 1. The van der Waals surface area contributed by atoms with Gasteiger partial charge in [-0.1, -0.05) is 12.1 Å². The molecule has 9 nitrogen and oxygen atoms in total. The Morgan fingerprint density at radius 3 is 2.75 bits per heavy atom. The molecule has 10 heteroatoms. The molecule has 0 fully saturated rings. The number of hydrogen-bond donors (Lipinski definition) is 1. The Labute approximate surface area is 181 Å². The van der Waals surface area contributed by atoms with Crippen molar-refractivity contribution < 1.29 is 13.6 Å². The molecule has 4 aromatic heterocycles. The number of pyridine rings is 1. The molecule has 0 aliphatic rings. The Morgan fingerprint density at radius 1 is 1.12 bits per heavy atom. The molecule has 0 radical (unpaired) electrons. The zero-order valence-electron chi connectivity index (χ0n) is 17.1. The molecule has 0 saturated carbocycles. The SMILES string of the molecule is Cc1nn(CC(=O)Nc2ncn(Cc3ccc(F)cc3)n2)c2nccc(-c3ccco3)c12. The number of halogens is 1. The molecule has 0 unspecified atom stereocenters. The topological polar surface area (TPSA) is 104 Å². The zero-order chi connectivity index (χ0) is 22.1. The fraction of sp³-hybridized carbons (Fsp3) is 0.136. The van der Waals surface area contributed by atoms with Gasteiger partial charge < -0.3 is 4.42 Å². The normalized spacial score (nSPS) is 11.2. The van der Waals surface area contributed by atoms with E-state index in [4.69, 9.17) is 4.42 Å². The predicted octanol–water partition coefficient (Wildman–Crippen LogP) is 3.42. The molecule has 32 heavy (non-hydrogen) atoms. The van der Waals surface area contributed by atoms with Crippen molar-refractivity contribution in [1.82, 2.24) is 29.5 Å². The maximum Gasteiger partial charge on any atom is 0.248 e. The molecule has 0 saturated heterocycles. The van der Waals surface area contributed by atoms with E-state index in [1.807, 2.05) is 25.1 Å². The monoisotopic (exact) mass is 431 g/mol. The number of hydrogen-bond acceptors (Lipinski definition) is 6. The number of anilines is 1. The van der Waals surface area contributed by atoms with Gasteiger partial charge in [0.2, 0.25) is 11.9 Å². The van der Waals surface area contributed by atoms with Gasteiger partial charge in [-0.05, 0) is 42.8 Å². The highest BCUT2D eigenvalue weighted by Gasteiger charge is 2.17. The summed E-state index contributed by atoms with van der Waals surface area (Å²) >= 11 is 0. The minimum Gasteiger partial charge on any atom is -0.464 e. The van der Waals surface area contributed by atoms with Crippen molar-refractivity contribution in [3.05, 3.63) is 78.3 Å². The summed E-state index contributed by atoms with van der Waals surface area (Å²) in [6.07, 6.45) is 4.77. The van der Waals surface area contributed by atoms with E-state index in [0.717, 1.165) is 22.2 Å². The largest absolute Gasteiger partial charge is 0.464 e. The van der Waals surface area contributed by atoms with Crippen molar-refractivity contribution in [3.8, 4) is 11.3 Å². The molecule has 1 amide bonds. The molecule has 5 rings (SSSR count). The van der Waals surface area contributed by atoms with Gasteiger partial charge in [0.1, 0.15) is 24.4 Å². The van der Waals surface area contributed by atoms with E-state index < -0.39 is 0 Å². The molecule has 0 bridgehead atoms. The Hall–Kier alpha value is -4.34. The van der Waals surface area contributed by atoms with Crippen molar-refractivity contribution in [2.45, 2.75) is 20.0 Å². The van der Waals surface area contributed by atoms with Gasteiger partial charge in [0, 0.05) is 11.8 Å². The highest BCUT2D eigenvalue weighted by atomic mass is 19.1. The molecule has 1 N–H and O–H groups in total. The fourth-order valence-corrected chi connectivity index (χ4v) is 3.53. The highest BCUT2D eigenvalue weighted by Crippen LogP contribution is 2.29. The number of aromatic nitrogens is 6. The van der Waals surface area contributed by atoms with Crippen molar-refractivity contribution in [2.24, 2.45) is 0 Å². The second-order valence-corrected chi connectivity index (χ2v) is 7.22. The van der Waals surface area contributed by atoms with Gasteiger partial charge in [-0.3, -0.25) is 10.1 Å². The van der Waals surface area contributed by atoms with Crippen LogP contribution in [0.5, 0.6) is 0 Å². The molecule has 4 heterocycles. The zero-order valence-corrected chi connectivity index (χ0v) is 17.1. The van der Waals surface area contributed by atoms with Crippen LogP contribution in [-0.2, 0) is 17.9 Å². The summed E-state index contributed by atoms with van der Waals surface area (Å²) in [7, 11) is 0. The quantitative estimate of drug-likeness (QED) is 0.442. The van der Waals surface area contributed by atoms with Gasteiger partial charge in [-0.25, -0.2) is 23.7 Å². The molecule has 1 aromatic carbocycles. The van der Waals surface area contributed by atoms with Crippen molar-refractivity contribution in [3.63, 3.8) is 0 Å². The molecule has 160 valence electrons. The summed E-state index contributed by atoms with van der Waals surface area (Å²) in [5.41, 5.74) is 3.06. The van der Waals surface area contributed by atoms with E-state index in [2.05, 4.69) is 25.5 Å². The Bertz CT molecular complexity index is 1390. The van der Waals surface area contributed by atoms with Crippen LogP contribution < -0.4 is 5.32 Å². The fourth-order valence-electron chi connectivity index (χ4n) is 3.53. The number of furan rings is 1.